The van der Waals surface area contributed by atoms with E-state index >= 15 is 0 Å². The molecular formula is C15H23ClN2. The van der Waals surface area contributed by atoms with Crippen LogP contribution < -0.4 is 10.6 Å². The van der Waals surface area contributed by atoms with Gasteiger partial charge in [-0.15, -0.1) is 19.0 Å². The lowest BCUT2D eigenvalue weighted by molar-refractivity contribution is 0.661. The number of anilines is 1. The standard InChI is InChI=1S/C15H22N2.ClH/c1-2-3-6-15(16)13-7-9-14(10-8-13)17-11-4-5-12-17;/h2,7-10,15H,1,3-6,11-12,16H2;1H/t15-;/m1./s1. The molecule has 0 amide bonds. The first kappa shape index (κ1) is 15.1. The van der Waals surface area contributed by atoms with Crippen molar-refractivity contribution < 1.29 is 0 Å². The minimum Gasteiger partial charge on any atom is -0.372 e. The van der Waals surface area contributed by atoms with Gasteiger partial charge in [0.05, 0.1) is 0 Å². The first-order valence-corrected chi connectivity index (χ1v) is 6.52. The Bertz CT molecular complexity index is 355. The summed E-state index contributed by atoms with van der Waals surface area (Å²) in [4.78, 5) is 2.44. The third-order valence-electron chi connectivity index (χ3n) is 3.47. The van der Waals surface area contributed by atoms with Crippen molar-refractivity contribution >= 4 is 18.1 Å². The fraction of sp³-hybridized carbons (Fsp3) is 0.467. The first-order chi connectivity index (χ1) is 8.31. The Hall–Kier alpha value is -0.990. The summed E-state index contributed by atoms with van der Waals surface area (Å²) in [6, 6.07) is 8.88. The van der Waals surface area contributed by atoms with Crippen molar-refractivity contribution in [2.24, 2.45) is 5.73 Å². The molecular weight excluding hydrogens is 244 g/mol. The van der Waals surface area contributed by atoms with Crippen LogP contribution in [0, 0.1) is 0 Å². The molecule has 0 bridgehead atoms. The number of halogens is 1. The molecule has 3 heteroatoms. The van der Waals surface area contributed by atoms with E-state index < -0.39 is 0 Å². The molecule has 2 N–H and O–H groups in total. The van der Waals surface area contributed by atoms with Crippen LogP contribution in [0.15, 0.2) is 36.9 Å². The number of benzene rings is 1. The highest BCUT2D eigenvalue weighted by molar-refractivity contribution is 5.85. The largest absolute Gasteiger partial charge is 0.372 e. The minimum atomic E-state index is 0. The van der Waals surface area contributed by atoms with Crippen LogP contribution in [0.1, 0.15) is 37.3 Å². The highest BCUT2D eigenvalue weighted by Crippen LogP contribution is 2.23. The SMILES string of the molecule is C=CCC[C@@H](N)c1ccc(N2CCCC2)cc1.Cl. The maximum atomic E-state index is 6.12. The molecule has 0 saturated carbocycles. The summed E-state index contributed by atoms with van der Waals surface area (Å²) >= 11 is 0. The van der Waals surface area contributed by atoms with E-state index in [1.54, 1.807) is 0 Å². The van der Waals surface area contributed by atoms with Gasteiger partial charge in [-0.05, 0) is 43.4 Å². The molecule has 2 nitrogen and oxygen atoms in total. The highest BCUT2D eigenvalue weighted by Gasteiger charge is 2.12. The molecule has 1 heterocycles. The fourth-order valence-electron chi connectivity index (χ4n) is 2.37. The number of hydrogen-bond donors (Lipinski definition) is 1. The first-order valence-electron chi connectivity index (χ1n) is 6.52. The van der Waals surface area contributed by atoms with Gasteiger partial charge in [-0.25, -0.2) is 0 Å². The predicted octanol–water partition coefficient (Wildman–Crippen LogP) is 3.67. The van der Waals surface area contributed by atoms with Crippen LogP contribution in [-0.2, 0) is 0 Å². The molecule has 0 spiro atoms. The number of nitrogens with two attached hydrogens (primary N) is 1. The van der Waals surface area contributed by atoms with Crippen molar-refractivity contribution in [1.82, 2.24) is 0 Å². The van der Waals surface area contributed by atoms with E-state index in [-0.39, 0.29) is 18.4 Å². The van der Waals surface area contributed by atoms with Crippen LogP contribution in [-0.4, -0.2) is 13.1 Å². The molecule has 2 rings (SSSR count). The second kappa shape index (κ2) is 7.45. The quantitative estimate of drug-likeness (QED) is 0.824. The van der Waals surface area contributed by atoms with Crippen molar-refractivity contribution in [3.05, 3.63) is 42.5 Å². The molecule has 1 aromatic rings. The van der Waals surface area contributed by atoms with Crippen molar-refractivity contribution in [1.29, 1.82) is 0 Å². The fourth-order valence-corrected chi connectivity index (χ4v) is 2.37. The van der Waals surface area contributed by atoms with Crippen LogP contribution in [0.2, 0.25) is 0 Å². The van der Waals surface area contributed by atoms with Crippen molar-refractivity contribution in [2.45, 2.75) is 31.7 Å². The molecule has 1 atom stereocenters. The highest BCUT2D eigenvalue weighted by atomic mass is 35.5. The summed E-state index contributed by atoms with van der Waals surface area (Å²) in [5, 5.41) is 0. The Morgan fingerprint density at radius 2 is 1.83 bits per heavy atom. The monoisotopic (exact) mass is 266 g/mol. The van der Waals surface area contributed by atoms with Gasteiger partial charge in [-0.3, -0.25) is 0 Å². The molecule has 1 aliphatic heterocycles. The van der Waals surface area contributed by atoms with Crippen molar-refractivity contribution in [2.75, 3.05) is 18.0 Å². The minimum absolute atomic E-state index is 0. The van der Waals surface area contributed by atoms with Gasteiger partial charge >= 0.3 is 0 Å². The van der Waals surface area contributed by atoms with E-state index in [0.717, 1.165) is 12.8 Å². The van der Waals surface area contributed by atoms with Crippen molar-refractivity contribution in [3.8, 4) is 0 Å². The molecule has 0 radical (unpaired) electrons. The van der Waals surface area contributed by atoms with E-state index in [2.05, 4.69) is 35.7 Å². The normalized spacial score (nSPS) is 16.2. The van der Waals surface area contributed by atoms with Gasteiger partial charge in [-0.1, -0.05) is 18.2 Å². The van der Waals surface area contributed by atoms with Crippen molar-refractivity contribution in [3.63, 3.8) is 0 Å². The average Bonchev–Trinajstić information content (AvgIpc) is 2.90. The molecule has 100 valence electrons. The Morgan fingerprint density at radius 3 is 2.39 bits per heavy atom. The van der Waals surface area contributed by atoms with Gasteiger partial charge in [0.15, 0.2) is 0 Å². The zero-order valence-corrected chi connectivity index (χ0v) is 11.7. The molecule has 0 unspecified atom stereocenters. The Kier molecular flexibility index (Phi) is 6.23. The van der Waals surface area contributed by atoms with Crippen LogP contribution >= 0.6 is 12.4 Å². The molecule has 0 aliphatic carbocycles. The van der Waals surface area contributed by atoms with E-state index in [1.807, 2.05) is 6.08 Å². The Morgan fingerprint density at radius 1 is 1.22 bits per heavy atom. The summed E-state index contributed by atoms with van der Waals surface area (Å²) in [5.41, 5.74) is 8.69. The summed E-state index contributed by atoms with van der Waals surface area (Å²) in [5.74, 6) is 0. The lowest BCUT2D eigenvalue weighted by Crippen LogP contribution is -2.17. The molecule has 1 aromatic carbocycles. The van der Waals surface area contributed by atoms with Gasteiger partial charge < -0.3 is 10.6 Å². The second-order valence-electron chi connectivity index (χ2n) is 4.76. The lowest BCUT2D eigenvalue weighted by Gasteiger charge is -2.19. The van der Waals surface area contributed by atoms with Gasteiger partial charge in [0.2, 0.25) is 0 Å². The van der Waals surface area contributed by atoms with E-state index in [1.165, 1.54) is 37.2 Å². The van der Waals surface area contributed by atoms with E-state index in [4.69, 9.17) is 5.73 Å². The van der Waals surface area contributed by atoms with Gasteiger partial charge in [-0.2, -0.15) is 0 Å². The zero-order chi connectivity index (χ0) is 12.1. The summed E-state index contributed by atoms with van der Waals surface area (Å²) in [7, 11) is 0. The Balaban J connectivity index is 0.00000162. The van der Waals surface area contributed by atoms with E-state index in [0.29, 0.717) is 0 Å². The maximum Gasteiger partial charge on any atom is 0.0366 e. The molecule has 1 saturated heterocycles. The topological polar surface area (TPSA) is 29.3 Å². The molecule has 0 aromatic heterocycles. The molecule has 1 fully saturated rings. The van der Waals surface area contributed by atoms with Gasteiger partial charge in [0, 0.05) is 24.8 Å². The van der Waals surface area contributed by atoms with Crippen LogP contribution in [0.4, 0.5) is 5.69 Å². The summed E-state index contributed by atoms with van der Waals surface area (Å²) in [6.07, 6.45) is 6.53. The van der Waals surface area contributed by atoms with Crippen LogP contribution in [0.25, 0.3) is 0 Å². The molecule has 18 heavy (non-hydrogen) atoms. The van der Waals surface area contributed by atoms with Gasteiger partial charge in [0.1, 0.15) is 0 Å². The summed E-state index contributed by atoms with van der Waals surface area (Å²) < 4.78 is 0. The smallest absolute Gasteiger partial charge is 0.0366 e. The Labute approximate surface area is 116 Å². The number of allylic oxidation sites excluding steroid dienone is 1. The van der Waals surface area contributed by atoms with Gasteiger partial charge in [0.25, 0.3) is 0 Å². The predicted molar refractivity (Wildman–Crippen MR) is 81.5 cm³/mol. The zero-order valence-electron chi connectivity index (χ0n) is 10.8. The number of rotatable bonds is 5. The van der Waals surface area contributed by atoms with Crippen LogP contribution in [0.5, 0.6) is 0 Å². The average molecular weight is 267 g/mol. The second-order valence-corrected chi connectivity index (χ2v) is 4.76. The lowest BCUT2D eigenvalue weighted by atomic mass is 10.0. The summed E-state index contributed by atoms with van der Waals surface area (Å²) in [6.45, 7) is 6.12. The third-order valence-corrected chi connectivity index (χ3v) is 3.47. The van der Waals surface area contributed by atoms with E-state index in [9.17, 15) is 0 Å². The van der Waals surface area contributed by atoms with Crippen LogP contribution in [0.3, 0.4) is 0 Å². The number of hydrogen-bond acceptors (Lipinski definition) is 2. The number of nitrogens with zero attached hydrogens (tertiary/aromatic N) is 1. The molecule has 1 aliphatic rings. The maximum absolute atomic E-state index is 6.12. The third kappa shape index (κ3) is 3.76.